The minimum Gasteiger partial charge on any atom is -0.497 e. The number of nitrogens with zero attached hydrogens (tertiary/aromatic N) is 1. The number of nitrogens with two attached hydrogens (primary N) is 1. The number of para-hydroxylation sites is 2. The average Bonchev–Trinajstić information content (AvgIpc) is 3.44. The molecule has 75 heavy (non-hydrogen) atoms. The molecule has 0 aromatic heterocycles. The highest BCUT2D eigenvalue weighted by Gasteiger charge is 2.39. The van der Waals surface area contributed by atoms with E-state index >= 15 is 0 Å². The number of ether oxygens (including phenoxy) is 4. The second kappa shape index (κ2) is 30.3. The number of methoxy groups -OCH3 is 1. The number of hydrogen-bond acceptors (Lipinski definition) is 10. The van der Waals surface area contributed by atoms with E-state index in [0.717, 1.165) is 107 Å². The van der Waals surface area contributed by atoms with Crippen LogP contribution in [0.1, 0.15) is 142 Å². The van der Waals surface area contributed by atoms with E-state index in [1.165, 1.54) is 35.1 Å². The standard InChI is InChI=1S/C19H23NO3.C17H17Cl2N.C17H27NO2.C9H17NO2/c1-2-21-16-10-6-7-11-17(16)23-19(15-8-4-3-5-9-15)18-14-20-12-13-22-18;1-20-17-9-7-12(13-4-2-3-5-14(13)17)11-6-8-15(18)16(19)10-11;1-18(2)13-16(17(19)11-5-4-6-12-17)14-7-9-15(20-3)10-8-14;10-7-9(6-8(11)12)4-2-1-3-5-9/h3-11,18-20H,2,12-14H2,1H3;2-6,8,10,12,17,20H,7,9H2,1H3;7-10,16,19H,4-6,11-13H2,1-3H3;1-7,10H2,(H,11,12)/t18-,19-;12-,17-;;/m00../s1. The van der Waals surface area contributed by atoms with Crippen LogP contribution in [0.3, 0.4) is 0 Å². The quantitative estimate of drug-likeness (QED) is 0.0643. The van der Waals surface area contributed by atoms with Gasteiger partial charge in [0.05, 0.1) is 42.4 Å². The molecule has 0 bridgehead atoms. The van der Waals surface area contributed by atoms with Crippen molar-refractivity contribution in [3.05, 3.63) is 159 Å². The molecule has 1 saturated heterocycles. The third-order valence-electron chi connectivity index (χ3n) is 15.3. The lowest BCUT2D eigenvalue weighted by Gasteiger charge is -2.40. The van der Waals surface area contributed by atoms with Gasteiger partial charge in [0.15, 0.2) is 17.6 Å². The molecule has 4 aliphatic rings. The maximum atomic E-state index is 11.1. The topological polar surface area (TPSA) is 148 Å². The second-order valence-corrected chi connectivity index (χ2v) is 21.6. The van der Waals surface area contributed by atoms with E-state index in [2.05, 4.69) is 84.2 Å². The number of rotatable bonds is 16. The number of halogens is 2. The van der Waals surface area contributed by atoms with Crippen LogP contribution in [0.25, 0.3) is 0 Å². The van der Waals surface area contributed by atoms with Crippen molar-refractivity contribution in [3.63, 3.8) is 0 Å². The first-order valence-corrected chi connectivity index (χ1v) is 28.0. The second-order valence-electron chi connectivity index (χ2n) is 20.8. The molecule has 3 aliphatic carbocycles. The smallest absolute Gasteiger partial charge is 0.303 e. The zero-order chi connectivity index (χ0) is 53.6. The Morgan fingerprint density at radius 3 is 2.04 bits per heavy atom. The summed E-state index contributed by atoms with van der Waals surface area (Å²) < 4.78 is 23.2. The van der Waals surface area contributed by atoms with E-state index in [4.69, 9.17) is 53.0 Å². The van der Waals surface area contributed by atoms with Gasteiger partial charge >= 0.3 is 5.97 Å². The zero-order valence-electron chi connectivity index (χ0n) is 45.1. The number of aliphatic carboxylic acids is 1. The van der Waals surface area contributed by atoms with E-state index in [0.29, 0.717) is 41.8 Å². The molecule has 6 N–H and O–H groups in total. The zero-order valence-corrected chi connectivity index (χ0v) is 46.6. The lowest BCUT2D eigenvalue weighted by Crippen LogP contribution is -2.43. The molecule has 0 amide bonds. The maximum absolute atomic E-state index is 11.1. The largest absolute Gasteiger partial charge is 0.497 e. The number of fused-ring (bicyclic) bond motifs is 1. The molecule has 5 aromatic carbocycles. The molecule has 11 nitrogen and oxygen atoms in total. The van der Waals surface area contributed by atoms with E-state index in [1.807, 2.05) is 80.7 Å². The number of aliphatic hydroxyl groups is 1. The summed E-state index contributed by atoms with van der Waals surface area (Å²) in [6.45, 7) is 6.34. The van der Waals surface area contributed by atoms with Crippen molar-refractivity contribution in [1.29, 1.82) is 0 Å². The Hall–Kier alpha value is -4.69. The number of hydrogen-bond donors (Lipinski definition) is 5. The van der Waals surface area contributed by atoms with Crippen molar-refractivity contribution in [3.8, 4) is 17.2 Å². The number of carbonyl (C=O) groups is 1. The van der Waals surface area contributed by atoms with Gasteiger partial charge in [0.1, 0.15) is 11.9 Å². The summed E-state index contributed by atoms with van der Waals surface area (Å²) in [5, 5.41) is 27.8. The third kappa shape index (κ3) is 17.4. The highest BCUT2D eigenvalue weighted by molar-refractivity contribution is 6.42. The SMILES string of the molecule is CCOc1ccccc1O[C@@H](c1ccccc1)[C@@H]1CNCCO1.CN[C@H]1CC[C@@H](c2ccc(Cl)c(Cl)c2)c2ccccc21.COc1ccc(C(CN(C)C)C2(O)CCCCC2)cc1.NCC1(CC(=O)O)CCCCC1. The molecular weight excluding hydrogens is 984 g/mol. The Balaban J connectivity index is 0.000000166. The van der Waals surface area contributed by atoms with Gasteiger partial charge in [0.2, 0.25) is 0 Å². The van der Waals surface area contributed by atoms with Gasteiger partial charge in [0, 0.05) is 37.5 Å². The first-order chi connectivity index (χ1) is 36.3. The molecule has 3 fully saturated rings. The summed E-state index contributed by atoms with van der Waals surface area (Å²) in [6, 6.07) is 41.3. The van der Waals surface area contributed by atoms with Crippen LogP contribution < -0.4 is 30.6 Å². The first-order valence-electron chi connectivity index (χ1n) is 27.2. The molecule has 408 valence electrons. The summed E-state index contributed by atoms with van der Waals surface area (Å²) in [7, 11) is 7.85. The Labute approximate surface area is 457 Å². The summed E-state index contributed by atoms with van der Waals surface area (Å²) in [6.07, 6.45) is 13.2. The summed E-state index contributed by atoms with van der Waals surface area (Å²) in [5.74, 6) is 2.25. The fourth-order valence-corrected chi connectivity index (χ4v) is 11.6. The number of morpholine rings is 1. The molecule has 5 atom stereocenters. The monoisotopic (exact) mass is 1070 g/mol. The van der Waals surface area contributed by atoms with Crippen LogP contribution in [0.15, 0.2) is 121 Å². The lowest BCUT2D eigenvalue weighted by atomic mass is 9.72. The van der Waals surface area contributed by atoms with Crippen LogP contribution in [-0.4, -0.2) is 100 Å². The van der Waals surface area contributed by atoms with Gasteiger partial charge in [0.25, 0.3) is 0 Å². The summed E-state index contributed by atoms with van der Waals surface area (Å²) in [4.78, 5) is 12.7. The van der Waals surface area contributed by atoms with Crippen molar-refractivity contribution in [2.24, 2.45) is 11.1 Å². The van der Waals surface area contributed by atoms with Crippen LogP contribution in [-0.2, 0) is 9.53 Å². The fourth-order valence-electron chi connectivity index (χ4n) is 11.3. The summed E-state index contributed by atoms with van der Waals surface area (Å²) in [5.41, 5.74) is 11.4. The molecule has 1 heterocycles. The van der Waals surface area contributed by atoms with Crippen LogP contribution in [0.4, 0.5) is 0 Å². The molecule has 0 spiro atoms. The minimum absolute atomic E-state index is 0.0270. The van der Waals surface area contributed by atoms with Gasteiger partial charge in [-0.25, -0.2) is 0 Å². The summed E-state index contributed by atoms with van der Waals surface area (Å²) >= 11 is 12.2. The van der Waals surface area contributed by atoms with Crippen LogP contribution in [0, 0.1) is 5.41 Å². The Kier molecular flexibility index (Phi) is 24.1. The van der Waals surface area contributed by atoms with Crippen LogP contribution >= 0.6 is 23.2 Å². The molecule has 5 aromatic rings. The number of carboxylic acid groups (broad SMARTS) is 1. The Morgan fingerprint density at radius 2 is 1.45 bits per heavy atom. The Morgan fingerprint density at radius 1 is 0.813 bits per heavy atom. The van der Waals surface area contributed by atoms with Crippen LogP contribution in [0.5, 0.6) is 17.2 Å². The van der Waals surface area contributed by atoms with E-state index in [-0.39, 0.29) is 30.0 Å². The molecule has 1 aliphatic heterocycles. The normalized spacial score (nSPS) is 20.4. The van der Waals surface area contributed by atoms with Crippen molar-refractivity contribution in [2.45, 2.75) is 126 Å². The van der Waals surface area contributed by atoms with Gasteiger partial charge in [-0.3, -0.25) is 4.79 Å². The van der Waals surface area contributed by atoms with E-state index < -0.39 is 11.6 Å². The van der Waals surface area contributed by atoms with Gasteiger partial charge in [-0.2, -0.15) is 0 Å². The predicted octanol–water partition coefficient (Wildman–Crippen LogP) is 12.8. The first kappa shape index (κ1) is 59.6. The highest BCUT2D eigenvalue weighted by Crippen LogP contribution is 2.44. The fraction of sp³-hybridized carbons (Fsp3) is 0.500. The molecule has 13 heteroatoms. The molecule has 1 unspecified atom stereocenters. The van der Waals surface area contributed by atoms with Gasteiger partial charge < -0.3 is 50.4 Å². The molecule has 2 saturated carbocycles. The van der Waals surface area contributed by atoms with E-state index in [1.54, 1.807) is 7.11 Å². The van der Waals surface area contributed by atoms with Crippen molar-refractivity contribution >= 4 is 29.2 Å². The number of carboxylic acids is 1. The highest BCUT2D eigenvalue weighted by atomic mass is 35.5. The lowest BCUT2D eigenvalue weighted by molar-refractivity contribution is -0.140. The minimum atomic E-state index is -0.706. The number of likely N-dealkylation sites (N-methyl/N-ethyl adjacent to an activating group) is 1. The molecule has 9 rings (SSSR count). The Bertz CT molecular complexity index is 2440. The van der Waals surface area contributed by atoms with Crippen LogP contribution in [0.2, 0.25) is 10.0 Å². The van der Waals surface area contributed by atoms with Gasteiger partial charge in [-0.05, 0) is 143 Å². The molecular formula is C62H84Cl2N4O7. The van der Waals surface area contributed by atoms with Crippen molar-refractivity contribution in [1.82, 2.24) is 15.5 Å². The third-order valence-corrected chi connectivity index (χ3v) is 16.1. The molecule has 0 radical (unpaired) electrons. The predicted molar refractivity (Wildman–Crippen MR) is 305 cm³/mol. The maximum Gasteiger partial charge on any atom is 0.303 e. The van der Waals surface area contributed by atoms with Crippen molar-refractivity contribution < 1.29 is 34.0 Å². The number of benzene rings is 5. The van der Waals surface area contributed by atoms with Crippen molar-refractivity contribution in [2.75, 3.05) is 67.6 Å². The van der Waals surface area contributed by atoms with E-state index in [9.17, 15) is 9.90 Å². The van der Waals surface area contributed by atoms with Gasteiger partial charge in [-0.1, -0.05) is 147 Å². The number of nitrogens with one attached hydrogen (secondary N) is 2. The van der Waals surface area contributed by atoms with Gasteiger partial charge in [-0.15, -0.1) is 0 Å². The average molecular weight is 1070 g/mol.